The SMILES string of the molecule is CCCCOc1ccc(C=c2sc3n(c2=O)C(c2ccc(OCC)c(OCC)c2)C(C(=O)OCC)=C(C)N=3)cc1. The molecule has 3 aromatic rings. The Hall–Kier alpha value is -3.85. The molecule has 8 nitrogen and oxygen atoms in total. The summed E-state index contributed by atoms with van der Waals surface area (Å²) in [5.41, 5.74) is 2.16. The molecule has 1 unspecified atom stereocenters. The predicted molar refractivity (Wildman–Crippen MR) is 156 cm³/mol. The van der Waals surface area contributed by atoms with Crippen molar-refractivity contribution in [3.05, 3.63) is 84.5 Å². The van der Waals surface area contributed by atoms with Gasteiger partial charge in [0, 0.05) is 0 Å². The second kappa shape index (κ2) is 13.5. The summed E-state index contributed by atoms with van der Waals surface area (Å²) in [6, 6.07) is 12.4. The van der Waals surface area contributed by atoms with Gasteiger partial charge in [-0.3, -0.25) is 9.36 Å². The Labute approximate surface area is 238 Å². The Morgan fingerprint density at radius 3 is 2.38 bits per heavy atom. The fourth-order valence-electron chi connectivity index (χ4n) is 4.49. The minimum atomic E-state index is -0.735. The highest BCUT2D eigenvalue weighted by Gasteiger charge is 2.34. The first-order chi connectivity index (χ1) is 19.4. The molecule has 0 N–H and O–H groups in total. The van der Waals surface area contributed by atoms with Gasteiger partial charge in [-0.1, -0.05) is 42.9 Å². The fourth-order valence-corrected chi connectivity index (χ4v) is 5.54. The van der Waals surface area contributed by atoms with Gasteiger partial charge in [0.15, 0.2) is 16.3 Å². The number of thiazole rings is 1. The third kappa shape index (κ3) is 6.31. The van der Waals surface area contributed by atoms with Crippen LogP contribution in [-0.2, 0) is 9.53 Å². The lowest BCUT2D eigenvalue weighted by Gasteiger charge is -2.25. The zero-order valence-corrected chi connectivity index (χ0v) is 24.5. The average molecular weight is 565 g/mol. The van der Waals surface area contributed by atoms with Crippen LogP contribution in [0, 0.1) is 0 Å². The van der Waals surface area contributed by atoms with Gasteiger partial charge in [0.1, 0.15) is 5.75 Å². The van der Waals surface area contributed by atoms with Crippen LogP contribution < -0.4 is 29.1 Å². The van der Waals surface area contributed by atoms with Crippen molar-refractivity contribution in [3.8, 4) is 17.2 Å². The van der Waals surface area contributed by atoms with E-state index in [2.05, 4.69) is 11.9 Å². The Kier molecular flexibility index (Phi) is 9.82. The number of benzene rings is 2. The Morgan fingerprint density at radius 1 is 0.975 bits per heavy atom. The van der Waals surface area contributed by atoms with Crippen molar-refractivity contribution in [2.45, 2.75) is 53.5 Å². The standard InChI is InChI=1S/C31H36N2O6S/c1-6-10-17-39-23-14-11-21(12-15-23)18-26-29(34)33-28(22-13-16-24(36-7-2)25(19-22)37-8-3)27(30(35)38-9-4)20(5)32-31(33)40-26/h11-16,18-19,28H,6-10,17H2,1-5H3. The summed E-state index contributed by atoms with van der Waals surface area (Å²) in [5, 5.41) is 0. The van der Waals surface area contributed by atoms with Gasteiger partial charge in [-0.25, -0.2) is 9.79 Å². The molecule has 0 bridgehead atoms. The summed E-state index contributed by atoms with van der Waals surface area (Å²) in [7, 11) is 0. The molecule has 40 heavy (non-hydrogen) atoms. The average Bonchev–Trinajstić information content (AvgIpc) is 3.24. The summed E-state index contributed by atoms with van der Waals surface area (Å²) in [6.07, 6.45) is 3.91. The van der Waals surface area contributed by atoms with Crippen molar-refractivity contribution >= 4 is 23.4 Å². The van der Waals surface area contributed by atoms with Crippen LogP contribution in [0.25, 0.3) is 6.08 Å². The summed E-state index contributed by atoms with van der Waals surface area (Å²) in [4.78, 5) is 32.2. The third-order valence-corrected chi connectivity index (χ3v) is 7.33. The zero-order valence-electron chi connectivity index (χ0n) is 23.7. The van der Waals surface area contributed by atoms with Crippen LogP contribution in [0.2, 0.25) is 0 Å². The van der Waals surface area contributed by atoms with Crippen molar-refractivity contribution in [2.75, 3.05) is 26.4 Å². The lowest BCUT2D eigenvalue weighted by molar-refractivity contribution is -0.139. The molecule has 0 spiro atoms. The van der Waals surface area contributed by atoms with Gasteiger partial charge < -0.3 is 18.9 Å². The van der Waals surface area contributed by atoms with E-state index in [4.69, 9.17) is 18.9 Å². The van der Waals surface area contributed by atoms with E-state index in [0.29, 0.717) is 57.5 Å². The molecule has 0 amide bonds. The number of hydrogen-bond acceptors (Lipinski definition) is 8. The Bertz CT molecular complexity index is 1550. The summed E-state index contributed by atoms with van der Waals surface area (Å²) >= 11 is 1.29. The number of allylic oxidation sites excluding steroid dienone is 1. The number of rotatable bonds is 12. The summed E-state index contributed by atoms with van der Waals surface area (Å²) in [6.45, 7) is 11.2. The maximum absolute atomic E-state index is 13.9. The zero-order chi connectivity index (χ0) is 28.6. The molecule has 9 heteroatoms. The van der Waals surface area contributed by atoms with E-state index < -0.39 is 12.0 Å². The van der Waals surface area contributed by atoms with E-state index in [1.54, 1.807) is 18.4 Å². The third-order valence-electron chi connectivity index (χ3n) is 6.34. The molecule has 1 aromatic heterocycles. The summed E-state index contributed by atoms with van der Waals surface area (Å²) in [5.74, 6) is 1.43. The Morgan fingerprint density at radius 2 is 1.70 bits per heavy atom. The number of unbranched alkanes of at least 4 members (excludes halogenated alkanes) is 1. The quantitative estimate of drug-likeness (QED) is 0.233. The van der Waals surface area contributed by atoms with E-state index in [1.165, 1.54) is 11.3 Å². The highest BCUT2D eigenvalue weighted by atomic mass is 32.1. The monoisotopic (exact) mass is 564 g/mol. The second-order valence-electron chi connectivity index (χ2n) is 9.15. The van der Waals surface area contributed by atoms with Gasteiger partial charge in [0.2, 0.25) is 0 Å². The highest BCUT2D eigenvalue weighted by molar-refractivity contribution is 7.07. The number of carbonyl (C=O) groups excluding carboxylic acids is 1. The molecule has 2 aromatic carbocycles. The van der Waals surface area contributed by atoms with Gasteiger partial charge in [0.25, 0.3) is 5.56 Å². The number of aromatic nitrogens is 1. The largest absolute Gasteiger partial charge is 0.494 e. The van der Waals surface area contributed by atoms with Gasteiger partial charge in [-0.15, -0.1) is 0 Å². The van der Waals surface area contributed by atoms with Crippen LogP contribution >= 0.6 is 11.3 Å². The van der Waals surface area contributed by atoms with Crippen LogP contribution in [0.5, 0.6) is 17.2 Å². The maximum Gasteiger partial charge on any atom is 0.338 e. The minimum absolute atomic E-state index is 0.207. The minimum Gasteiger partial charge on any atom is -0.494 e. The molecule has 0 saturated heterocycles. The maximum atomic E-state index is 13.9. The first-order valence-electron chi connectivity index (χ1n) is 13.7. The van der Waals surface area contributed by atoms with Gasteiger partial charge >= 0.3 is 5.97 Å². The molecule has 1 atom stereocenters. The molecule has 0 saturated carbocycles. The number of hydrogen-bond donors (Lipinski definition) is 0. The van der Waals surface area contributed by atoms with Crippen LogP contribution in [0.15, 0.2) is 63.5 Å². The molecular formula is C31H36N2O6S. The first kappa shape index (κ1) is 29.1. The number of esters is 1. The topological polar surface area (TPSA) is 88.3 Å². The van der Waals surface area contributed by atoms with Crippen molar-refractivity contribution in [3.63, 3.8) is 0 Å². The number of fused-ring (bicyclic) bond motifs is 1. The fraction of sp³-hybridized carbons (Fsp3) is 0.387. The predicted octanol–water partition coefficient (Wildman–Crippen LogP) is 4.77. The molecular weight excluding hydrogens is 528 g/mol. The molecule has 0 radical (unpaired) electrons. The molecule has 212 valence electrons. The summed E-state index contributed by atoms with van der Waals surface area (Å²) < 4.78 is 24.8. The molecule has 2 heterocycles. The van der Waals surface area contributed by atoms with E-state index >= 15 is 0 Å². The van der Waals surface area contributed by atoms with Crippen LogP contribution in [0.1, 0.15) is 64.6 Å². The molecule has 0 aliphatic carbocycles. The van der Waals surface area contributed by atoms with Crippen LogP contribution in [0.4, 0.5) is 0 Å². The van der Waals surface area contributed by atoms with Crippen molar-refractivity contribution < 1.29 is 23.7 Å². The molecule has 4 rings (SSSR count). The van der Waals surface area contributed by atoms with Crippen LogP contribution in [-0.4, -0.2) is 37.0 Å². The van der Waals surface area contributed by atoms with E-state index in [-0.39, 0.29) is 12.2 Å². The van der Waals surface area contributed by atoms with E-state index in [1.807, 2.05) is 62.4 Å². The smallest absolute Gasteiger partial charge is 0.338 e. The van der Waals surface area contributed by atoms with E-state index in [9.17, 15) is 9.59 Å². The number of ether oxygens (including phenoxy) is 4. The molecule has 0 fully saturated rings. The highest BCUT2D eigenvalue weighted by Crippen LogP contribution is 2.36. The number of carbonyl (C=O) groups is 1. The molecule has 1 aliphatic rings. The van der Waals surface area contributed by atoms with E-state index in [0.717, 1.165) is 24.2 Å². The van der Waals surface area contributed by atoms with Gasteiger partial charge in [-0.2, -0.15) is 0 Å². The van der Waals surface area contributed by atoms with Crippen molar-refractivity contribution in [2.24, 2.45) is 4.99 Å². The van der Waals surface area contributed by atoms with Gasteiger partial charge in [-0.05, 0) is 75.6 Å². The second-order valence-corrected chi connectivity index (χ2v) is 10.2. The lowest BCUT2D eigenvalue weighted by Crippen LogP contribution is -2.40. The number of nitrogens with zero attached hydrogens (tertiary/aromatic N) is 2. The molecule has 1 aliphatic heterocycles. The van der Waals surface area contributed by atoms with Crippen molar-refractivity contribution in [1.29, 1.82) is 0 Å². The first-order valence-corrected chi connectivity index (χ1v) is 14.5. The normalized spacial score (nSPS) is 14.9. The lowest BCUT2D eigenvalue weighted by atomic mass is 9.95. The Balaban J connectivity index is 1.83. The van der Waals surface area contributed by atoms with Crippen LogP contribution in [0.3, 0.4) is 0 Å². The van der Waals surface area contributed by atoms with Crippen molar-refractivity contribution in [1.82, 2.24) is 4.57 Å². The van der Waals surface area contributed by atoms with Gasteiger partial charge in [0.05, 0.1) is 48.3 Å².